The second kappa shape index (κ2) is 5.78. The van der Waals surface area contributed by atoms with Gasteiger partial charge in [0.2, 0.25) is 0 Å². The monoisotopic (exact) mass is 253 g/mol. The molecular weight excluding hydrogens is 233 g/mol. The summed E-state index contributed by atoms with van der Waals surface area (Å²) in [7, 11) is 0. The second-order valence-electron chi connectivity index (χ2n) is 5.04. The van der Waals surface area contributed by atoms with Crippen molar-refractivity contribution in [3.8, 4) is 0 Å². The zero-order chi connectivity index (χ0) is 13.1. The lowest BCUT2D eigenvalue weighted by molar-refractivity contribution is 0.000894. The van der Waals surface area contributed by atoms with Crippen molar-refractivity contribution in [2.45, 2.75) is 32.0 Å². The molecule has 4 unspecified atom stereocenters. The number of aliphatic hydroxyl groups is 1. The van der Waals surface area contributed by atoms with Crippen LogP contribution in [0.5, 0.6) is 0 Å². The van der Waals surface area contributed by atoms with E-state index in [1.807, 2.05) is 13.8 Å². The van der Waals surface area contributed by atoms with Gasteiger partial charge in [-0.2, -0.15) is 0 Å². The van der Waals surface area contributed by atoms with E-state index in [-0.39, 0.29) is 23.8 Å². The van der Waals surface area contributed by atoms with Crippen molar-refractivity contribution < 1.29 is 14.2 Å². The fraction of sp³-hybridized carbons (Fsp3) is 0.571. The van der Waals surface area contributed by atoms with Gasteiger partial charge in [-0.3, -0.25) is 0 Å². The molecule has 0 radical (unpaired) electrons. The van der Waals surface area contributed by atoms with Gasteiger partial charge in [0.25, 0.3) is 0 Å². The highest BCUT2D eigenvalue weighted by Gasteiger charge is 2.30. The molecule has 4 atom stereocenters. The quantitative estimate of drug-likeness (QED) is 0.864. The molecule has 3 nitrogen and oxygen atoms in total. The number of hydrogen-bond donors (Lipinski definition) is 2. The molecule has 0 aromatic heterocycles. The number of aliphatic hydroxyl groups excluding tert-OH is 1. The molecule has 1 aromatic rings. The maximum Gasteiger partial charge on any atom is 0.129 e. The molecule has 1 saturated heterocycles. The van der Waals surface area contributed by atoms with Gasteiger partial charge < -0.3 is 15.2 Å². The third-order valence-corrected chi connectivity index (χ3v) is 3.52. The van der Waals surface area contributed by atoms with Crippen LogP contribution in [-0.4, -0.2) is 30.4 Å². The first-order chi connectivity index (χ1) is 8.59. The van der Waals surface area contributed by atoms with Crippen LogP contribution in [0.2, 0.25) is 0 Å². The SMILES string of the molecule is CC1COCC(C(C)C(O)c2ccccc2F)N1. The largest absolute Gasteiger partial charge is 0.388 e. The van der Waals surface area contributed by atoms with Crippen LogP contribution in [0, 0.1) is 11.7 Å². The lowest BCUT2D eigenvalue weighted by Gasteiger charge is -2.35. The van der Waals surface area contributed by atoms with E-state index in [1.54, 1.807) is 18.2 Å². The van der Waals surface area contributed by atoms with Crippen molar-refractivity contribution in [2.75, 3.05) is 13.2 Å². The first-order valence-electron chi connectivity index (χ1n) is 6.36. The van der Waals surface area contributed by atoms with Crippen LogP contribution >= 0.6 is 0 Å². The Kier molecular flexibility index (Phi) is 4.32. The van der Waals surface area contributed by atoms with Gasteiger partial charge >= 0.3 is 0 Å². The van der Waals surface area contributed by atoms with E-state index in [0.717, 1.165) is 0 Å². The van der Waals surface area contributed by atoms with E-state index < -0.39 is 6.10 Å². The van der Waals surface area contributed by atoms with E-state index in [1.165, 1.54) is 6.07 Å². The van der Waals surface area contributed by atoms with E-state index in [4.69, 9.17) is 4.74 Å². The number of nitrogens with one attached hydrogen (secondary N) is 1. The molecule has 0 saturated carbocycles. The van der Waals surface area contributed by atoms with Crippen LogP contribution < -0.4 is 5.32 Å². The van der Waals surface area contributed by atoms with E-state index in [9.17, 15) is 9.50 Å². The molecular formula is C14H20FNO2. The Morgan fingerprint density at radius 3 is 2.78 bits per heavy atom. The van der Waals surface area contributed by atoms with Crippen molar-refractivity contribution in [3.63, 3.8) is 0 Å². The molecule has 0 bridgehead atoms. The lowest BCUT2D eigenvalue weighted by Crippen LogP contribution is -2.51. The van der Waals surface area contributed by atoms with Crippen molar-refractivity contribution >= 4 is 0 Å². The number of benzene rings is 1. The molecule has 0 spiro atoms. The Morgan fingerprint density at radius 2 is 2.11 bits per heavy atom. The fourth-order valence-electron chi connectivity index (χ4n) is 2.36. The first kappa shape index (κ1) is 13.5. The van der Waals surface area contributed by atoms with Gasteiger partial charge in [0.05, 0.1) is 19.3 Å². The normalized spacial score (nSPS) is 27.8. The molecule has 1 aliphatic rings. The minimum absolute atomic E-state index is 0.0448. The van der Waals surface area contributed by atoms with Crippen LogP contribution in [0.3, 0.4) is 0 Å². The molecule has 18 heavy (non-hydrogen) atoms. The molecule has 1 heterocycles. The second-order valence-corrected chi connectivity index (χ2v) is 5.04. The average Bonchev–Trinajstić information content (AvgIpc) is 2.37. The zero-order valence-corrected chi connectivity index (χ0v) is 10.8. The predicted molar refractivity (Wildman–Crippen MR) is 67.7 cm³/mol. The Morgan fingerprint density at radius 1 is 1.39 bits per heavy atom. The zero-order valence-electron chi connectivity index (χ0n) is 10.8. The molecule has 0 aliphatic carbocycles. The molecule has 4 heteroatoms. The summed E-state index contributed by atoms with van der Waals surface area (Å²) in [5, 5.41) is 13.7. The van der Waals surface area contributed by atoms with Crippen molar-refractivity contribution in [3.05, 3.63) is 35.6 Å². The van der Waals surface area contributed by atoms with Gasteiger partial charge in [-0.05, 0) is 13.0 Å². The molecule has 1 aliphatic heterocycles. The summed E-state index contributed by atoms with van der Waals surface area (Å²) in [4.78, 5) is 0. The number of halogens is 1. The third kappa shape index (κ3) is 2.88. The van der Waals surface area contributed by atoms with E-state index in [2.05, 4.69) is 5.32 Å². The van der Waals surface area contributed by atoms with Gasteiger partial charge in [0, 0.05) is 23.6 Å². The molecule has 0 amide bonds. The Balaban J connectivity index is 2.08. The standard InChI is InChI=1S/C14H20FNO2/c1-9-7-18-8-13(16-9)10(2)14(17)11-5-3-4-6-12(11)15/h3-6,9-10,13-14,16-17H,7-8H2,1-2H3. The first-order valence-corrected chi connectivity index (χ1v) is 6.36. The highest BCUT2D eigenvalue weighted by atomic mass is 19.1. The third-order valence-electron chi connectivity index (χ3n) is 3.52. The van der Waals surface area contributed by atoms with Crippen LogP contribution in [0.1, 0.15) is 25.5 Å². The summed E-state index contributed by atoms with van der Waals surface area (Å²) < 4.78 is 19.1. The van der Waals surface area contributed by atoms with Crippen LogP contribution in [0.25, 0.3) is 0 Å². The number of hydrogen-bond acceptors (Lipinski definition) is 3. The topological polar surface area (TPSA) is 41.5 Å². The van der Waals surface area contributed by atoms with E-state index >= 15 is 0 Å². The highest BCUT2D eigenvalue weighted by Crippen LogP contribution is 2.27. The number of ether oxygens (including phenoxy) is 1. The van der Waals surface area contributed by atoms with Crippen LogP contribution in [0.4, 0.5) is 4.39 Å². The van der Waals surface area contributed by atoms with Crippen molar-refractivity contribution in [2.24, 2.45) is 5.92 Å². The van der Waals surface area contributed by atoms with Crippen LogP contribution in [-0.2, 0) is 4.74 Å². The minimum atomic E-state index is -0.822. The van der Waals surface area contributed by atoms with Crippen LogP contribution in [0.15, 0.2) is 24.3 Å². The van der Waals surface area contributed by atoms with Gasteiger partial charge in [0.15, 0.2) is 0 Å². The van der Waals surface area contributed by atoms with Gasteiger partial charge in [0.1, 0.15) is 5.82 Å². The fourth-order valence-corrected chi connectivity index (χ4v) is 2.36. The van der Waals surface area contributed by atoms with Gasteiger partial charge in [-0.25, -0.2) is 4.39 Å². The lowest BCUT2D eigenvalue weighted by atomic mass is 9.90. The molecule has 1 aromatic carbocycles. The van der Waals surface area contributed by atoms with E-state index in [0.29, 0.717) is 18.8 Å². The predicted octanol–water partition coefficient (Wildman–Crippen LogP) is 1.87. The number of rotatable bonds is 3. The smallest absolute Gasteiger partial charge is 0.129 e. The molecule has 100 valence electrons. The summed E-state index contributed by atoms with van der Waals surface area (Å²) in [5.74, 6) is -0.466. The number of morpholine rings is 1. The Labute approximate surface area is 107 Å². The van der Waals surface area contributed by atoms with Crippen molar-refractivity contribution in [1.29, 1.82) is 0 Å². The summed E-state index contributed by atoms with van der Waals surface area (Å²) in [6, 6.07) is 6.67. The highest BCUT2D eigenvalue weighted by molar-refractivity contribution is 5.20. The summed E-state index contributed by atoms with van der Waals surface area (Å²) in [6.45, 7) is 5.18. The maximum atomic E-state index is 13.6. The summed E-state index contributed by atoms with van der Waals surface area (Å²) >= 11 is 0. The minimum Gasteiger partial charge on any atom is -0.388 e. The molecule has 1 fully saturated rings. The summed E-state index contributed by atoms with van der Waals surface area (Å²) in [5.41, 5.74) is 0.352. The Hall–Kier alpha value is -0.970. The molecule has 2 N–H and O–H groups in total. The molecule has 2 rings (SSSR count). The maximum absolute atomic E-state index is 13.6. The average molecular weight is 253 g/mol. The van der Waals surface area contributed by atoms with Gasteiger partial charge in [-0.15, -0.1) is 0 Å². The van der Waals surface area contributed by atoms with Crippen molar-refractivity contribution in [1.82, 2.24) is 5.32 Å². The Bertz CT molecular complexity index is 399. The van der Waals surface area contributed by atoms with Gasteiger partial charge in [-0.1, -0.05) is 25.1 Å². The summed E-state index contributed by atoms with van der Waals surface area (Å²) in [6.07, 6.45) is -0.822.